The van der Waals surface area contributed by atoms with Gasteiger partial charge in [0.2, 0.25) is 5.65 Å². The molecule has 1 atom stereocenters. The number of hydrogen-bond donors (Lipinski definition) is 0. The molecule has 1 fully saturated rings. The summed E-state index contributed by atoms with van der Waals surface area (Å²) in [5.41, 5.74) is 0.504. The Bertz CT molecular complexity index is 639. The van der Waals surface area contributed by atoms with E-state index < -0.39 is 4.92 Å². The first-order valence-electron chi connectivity index (χ1n) is 6.93. The van der Waals surface area contributed by atoms with Gasteiger partial charge in [-0.15, -0.1) is 0 Å². The Morgan fingerprint density at radius 2 is 2.35 bits per heavy atom. The normalized spacial score (nSPS) is 19.4. The number of rotatable bonds is 3. The molecule has 0 radical (unpaired) electrons. The average molecular weight is 275 g/mol. The van der Waals surface area contributed by atoms with Gasteiger partial charge < -0.3 is 15.0 Å². The van der Waals surface area contributed by atoms with E-state index in [1.165, 1.54) is 17.1 Å². The van der Waals surface area contributed by atoms with Gasteiger partial charge in [-0.2, -0.15) is 0 Å². The SMILES string of the molecule is CCC1CCCN(c2ccc3ncc([N+](=O)[O-])n3n2)C1. The molecule has 0 amide bonds. The molecule has 0 N–H and O–H groups in total. The summed E-state index contributed by atoms with van der Waals surface area (Å²) in [4.78, 5) is 16.7. The largest absolute Gasteiger partial charge is 0.368 e. The van der Waals surface area contributed by atoms with Crippen molar-refractivity contribution in [2.75, 3.05) is 18.0 Å². The number of aromatic nitrogens is 3. The fraction of sp³-hybridized carbons (Fsp3) is 0.538. The zero-order valence-electron chi connectivity index (χ0n) is 11.4. The van der Waals surface area contributed by atoms with Gasteiger partial charge in [0.1, 0.15) is 6.20 Å². The summed E-state index contributed by atoms with van der Waals surface area (Å²) in [6.45, 7) is 4.13. The lowest BCUT2D eigenvalue weighted by Gasteiger charge is -2.32. The van der Waals surface area contributed by atoms with Crippen LogP contribution in [0.4, 0.5) is 11.6 Å². The minimum Gasteiger partial charge on any atom is -0.358 e. The maximum atomic E-state index is 11.0. The third-order valence-electron chi connectivity index (χ3n) is 3.94. The van der Waals surface area contributed by atoms with E-state index in [4.69, 9.17) is 0 Å². The monoisotopic (exact) mass is 275 g/mol. The van der Waals surface area contributed by atoms with Gasteiger partial charge in [-0.3, -0.25) is 0 Å². The van der Waals surface area contributed by atoms with Crippen LogP contribution in [0.3, 0.4) is 0 Å². The van der Waals surface area contributed by atoms with Crippen molar-refractivity contribution >= 4 is 17.3 Å². The number of nitrogens with zero attached hydrogens (tertiary/aromatic N) is 5. The van der Waals surface area contributed by atoms with Crippen molar-refractivity contribution in [2.45, 2.75) is 26.2 Å². The minimum absolute atomic E-state index is 0.0918. The topological polar surface area (TPSA) is 76.6 Å². The number of anilines is 1. The van der Waals surface area contributed by atoms with Crippen LogP contribution >= 0.6 is 0 Å². The minimum atomic E-state index is -0.457. The van der Waals surface area contributed by atoms with Crippen molar-refractivity contribution in [3.63, 3.8) is 0 Å². The standard InChI is InChI=1S/C13H17N5O2/c1-2-10-4-3-7-16(9-10)12-6-5-11-14-8-13(18(19)20)17(11)15-12/h5-6,8,10H,2-4,7,9H2,1H3. The molecule has 0 aliphatic carbocycles. The highest BCUT2D eigenvalue weighted by molar-refractivity contribution is 5.49. The molecular weight excluding hydrogens is 258 g/mol. The van der Waals surface area contributed by atoms with E-state index >= 15 is 0 Å². The lowest BCUT2D eigenvalue weighted by atomic mass is 9.96. The second-order valence-corrected chi connectivity index (χ2v) is 5.20. The Labute approximate surface area is 116 Å². The first-order valence-corrected chi connectivity index (χ1v) is 6.93. The Balaban J connectivity index is 1.95. The third-order valence-corrected chi connectivity index (χ3v) is 3.94. The van der Waals surface area contributed by atoms with Gasteiger partial charge in [-0.25, -0.2) is 4.98 Å². The second kappa shape index (κ2) is 5.07. The van der Waals surface area contributed by atoms with Crippen LogP contribution in [-0.2, 0) is 0 Å². The van der Waals surface area contributed by atoms with Gasteiger partial charge in [0.05, 0.1) is 0 Å². The van der Waals surface area contributed by atoms with Crippen molar-refractivity contribution in [1.29, 1.82) is 0 Å². The van der Waals surface area contributed by atoms with Crippen LogP contribution < -0.4 is 4.90 Å². The summed E-state index contributed by atoms with van der Waals surface area (Å²) >= 11 is 0. The van der Waals surface area contributed by atoms with E-state index in [0.717, 1.165) is 31.7 Å². The zero-order chi connectivity index (χ0) is 14.1. The summed E-state index contributed by atoms with van der Waals surface area (Å²) in [5.74, 6) is 1.38. The fourth-order valence-electron chi connectivity index (χ4n) is 2.75. The molecule has 0 aromatic carbocycles. The molecule has 7 heteroatoms. The van der Waals surface area contributed by atoms with Gasteiger partial charge in [0.25, 0.3) is 0 Å². The Morgan fingerprint density at radius 1 is 1.50 bits per heavy atom. The molecule has 1 aliphatic heterocycles. The van der Waals surface area contributed by atoms with Crippen LogP contribution in [0.15, 0.2) is 18.3 Å². The lowest BCUT2D eigenvalue weighted by Crippen LogP contribution is -2.35. The van der Waals surface area contributed by atoms with E-state index in [1.54, 1.807) is 6.07 Å². The molecule has 0 saturated carbocycles. The van der Waals surface area contributed by atoms with Crippen molar-refractivity contribution in [3.05, 3.63) is 28.4 Å². The summed E-state index contributed by atoms with van der Waals surface area (Å²) < 4.78 is 1.31. The van der Waals surface area contributed by atoms with E-state index in [1.807, 2.05) is 6.07 Å². The molecule has 1 saturated heterocycles. The van der Waals surface area contributed by atoms with Gasteiger partial charge in [0, 0.05) is 19.2 Å². The predicted octanol–water partition coefficient (Wildman–Crippen LogP) is 2.26. The van der Waals surface area contributed by atoms with Crippen molar-refractivity contribution < 1.29 is 4.92 Å². The van der Waals surface area contributed by atoms with Gasteiger partial charge in [-0.05, 0) is 29.7 Å². The molecule has 106 valence electrons. The van der Waals surface area contributed by atoms with Crippen LogP contribution in [-0.4, -0.2) is 32.6 Å². The number of fused-ring (bicyclic) bond motifs is 1. The van der Waals surface area contributed by atoms with E-state index in [9.17, 15) is 10.1 Å². The summed E-state index contributed by atoms with van der Waals surface area (Å²) in [7, 11) is 0. The smallest absolute Gasteiger partial charge is 0.358 e. The third kappa shape index (κ3) is 2.19. The molecule has 2 aromatic rings. The van der Waals surface area contributed by atoms with E-state index in [2.05, 4.69) is 21.9 Å². The Hall–Kier alpha value is -2.18. The van der Waals surface area contributed by atoms with Gasteiger partial charge >= 0.3 is 5.82 Å². The molecule has 7 nitrogen and oxygen atoms in total. The Morgan fingerprint density at radius 3 is 3.10 bits per heavy atom. The molecule has 0 spiro atoms. The molecule has 1 aliphatic rings. The first kappa shape index (κ1) is 12.8. The fourth-order valence-corrected chi connectivity index (χ4v) is 2.75. The van der Waals surface area contributed by atoms with Gasteiger partial charge in [-0.1, -0.05) is 23.0 Å². The number of nitro groups is 1. The molecule has 0 bridgehead atoms. The highest BCUT2D eigenvalue weighted by atomic mass is 16.6. The van der Waals surface area contributed by atoms with Crippen LogP contribution in [0.1, 0.15) is 26.2 Å². The molecule has 3 rings (SSSR count). The van der Waals surface area contributed by atoms with E-state index in [-0.39, 0.29) is 5.82 Å². The maximum absolute atomic E-state index is 11.0. The van der Waals surface area contributed by atoms with Crippen LogP contribution in [0.5, 0.6) is 0 Å². The maximum Gasteiger partial charge on any atom is 0.368 e. The highest BCUT2D eigenvalue weighted by Gasteiger charge is 2.22. The van der Waals surface area contributed by atoms with Crippen molar-refractivity contribution in [2.24, 2.45) is 5.92 Å². The molecule has 20 heavy (non-hydrogen) atoms. The Kier molecular flexibility index (Phi) is 3.25. The van der Waals surface area contributed by atoms with Crippen LogP contribution in [0.2, 0.25) is 0 Å². The first-order chi connectivity index (χ1) is 9.69. The van der Waals surface area contributed by atoms with E-state index in [0.29, 0.717) is 11.6 Å². The predicted molar refractivity (Wildman–Crippen MR) is 74.9 cm³/mol. The average Bonchev–Trinajstić information content (AvgIpc) is 2.90. The van der Waals surface area contributed by atoms with Crippen molar-refractivity contribution in [3.8, 4) is 0 Å². The zero-order valence-corrected chi connectivity index (χ0v) is 11.4. The lowest BCUT2D eigenvalue weighted by molar-refractivity contribution is -0.391. The number of hydrogen-bond acceptors (Lipinski definition) is 5. The summed E-state index contributed by atoms with van der Waals surface area (Å²) in [6.07, 6.45) is 4.80. The van der Waals surface area contributed by atoms with Crippen molar-refractivity contribution in [1.82, 2.24) is 14.6 Å². The summed E-state index contributed by atoms with van der Waals surface area (Å²) in [6, 6.07) is 3.68. The molecular formula is C13H17N5O2. The number of imidazole rings is 1. The van der Waals surface area contributed by atoms with Crippen LogP contribution in [0, 0.1) is 16.0 Å². The molecule has 3 heterocycles. The second-order valence-electron chi connectivity index (χ2n) is 5.20. The highest BCUT2D eigenvalue weighted by Crippen LogP contribution is 2.24. The quantitative estimate of drug-likeness (QED) is 0.634. The molecule has 2 aromatic heterocycles. The van der Waals surface area contributed by atoms with Gasteiger partial charge in [0.15, 0.2) is 5.82 Å². The van der Waals surface area contributed by atoms with Crippen LogP contribution in [0.25, 0.3) is 5.65 Å². The number of piperidine rings is 1. The molecule has 1 unspecified atom stereocenters. The summed E-state index contributed by atoms with van der Waals surface area (Å²) in [5, 5.41) is 15.3.